The standard InChI is InChI=1S/C12H10BrClN2S/c1-7-8(2)16-12(11(14)15-7)17-10-5-3-4-9(13)6-10/h3-6H,1-2H3. The second-order valence-electron chi connectivity index (χ2n) is 3.55. The van der Waals surface area contributed by atoms with E-state index in [-0.39, 0.29) is 0 Å². The van der Waals surface area contributed by atoms with Gasteiger partial charge in [-0.2, -0.15) is 0 Å². The van der Waals surface area contributed by atoms with E-state index in [1.165, 1.54) is 11.8 Å². The lowest BCUT2D eigenvalue weighted by Gasteiger charge is -2.06. The number of rotatable bonds is 2. The molecule has 0 radical (unpaired) electrons. The molecule has 0 aliphatic heterocycles. The van der Waals surface area contributed by atoms with Crippen LogP contribution in [0.4, 0.5) is 0 Å². The highest BCUT2D eigenvalue weighted by Gasteiger charge is 2.08. The quantitative estimate of drug-likeness (QED) is 0.801. The fourth-order valence-corrected chi connectivity index (χ4v) is 2.97. The van der Waals surface area contributed by atoms with Gasteiger partial charge in [-0.15, -0.1) is 0 Å². The van der Waals surface area contributed by atoms with Crippen molar-refractivity contribution in [2.75, 3.05) is 0 Å². The minimum Gasteiger partial charge on any atom is -0.241 e. The van der Waals surface area contributed by atoms with Crippen LogP contribution in [-0.2, 0) is 0 Å². The molecule has 88 valence electrons. The van der Waals surface area contributed by atoms with Crippen molar-refractivity contribution < 1.29 is 0 Å². The number of aryl methyl sites for hydroxylation is 2. The SMILES string of the molecule is Cc1nc(Cl)c(Sc2cccc(Br)c2)nc1C. The summed E-state index contributed by atoms with van der Waals surface area (Å²) in [5.74, 6) is 0. The molecule has 2 rings (SSSR count). The van der Waals surface area contributed by atoms with Crippen molar-refractivity contribution >= 4 is 39.3 Å². The summed E-state index contributed by atoms with van der Waals surface area (Å²) < 4.78 is 1.04. The number of hydrogen-bond donors (Lipinski definition) is 0. The Bertz CT molecular complexity index is 560. The molecule has 0 unspecified atom stereocenters. The predicted octanol–water partition coefficient (Wildman–Crippen LogP) is 4.66. The molecule has 1 heterocycles. The lowest BCUT2D eigenvalue weighted by molar-refractivity contribution is 0.957. The van der Waals surface area contributed by atoms with Crippen LogP contribution in [0.5, 0.6) is 0 Å². The van der Waals surface area contributed by atoms with Crippen molar-refractivity contribution in [1.29, 1.82) is 0 Å². The minimum absolute atomic E-state index is 0.457. The topological polar surface area (TPSA) is 25.8 Å². The molecule has 0 saturated heterocycles. The third-order valence-corrected chi connectivity index (χ3v) is 4.08. The van der Waals surface area contributed by atoms with Gasteiger partial charge in [0.15, 0.2) is 5.15 Å². The Kier molecular flexibility index (Phi) is 4.07. The molecule has 2 nitrogen and oxygen atoms in total. The Hall–Kier alpha value is -0.580. The van der Waals surface area contributed by atoms with E-state index in [0.717, 1.165) is 25.8 Å². The summed E-state index contributed by atoms with van der Waals surface area (Å²) >= 11 is 11.0. The molecule has 5 heteroatoms. The molecule has 0 spiro atoms. The zero-order valence-corrected chi connectivity index (χ0v) is 12.5. The van der Waals surface area contributed by atoms with Gasteiger partial charge in [0.05, 0.1) is 11.4 Å². The second-order valence-corrected chi connectivity index (χ2v) is 5.89. The third-order valence-electron chi connectivity index (χ3n) is 2.25. The van der Waals surface area contributed by atoms with Crippen LogP contribution in [-0.4, -0.2) is 9.97 Å². The van der Waals surface area contributed by atoms with Crippen LogP contribution in [0, 0.1) is 13.8 Å². The average Bonchev–Trinajstić information content (AvgIpc) is 2.26. The molecule has 0 bridgehead atoms. The number of aromatic nitrogens is 2. The van der Waals surface area contributed by atoms with Crippen LogP contribution in [0.2, 0.25) is 5.15 Å². The van der Waals surface area contributed by atoms with Gasteiger partial charge < -0.3 is 0 Å². The van der Waals surface area contributed by atoms with Gasteiger partial charge in [-0.05, 0) is 32.0 Å². The number of hydrogen-bond acceptors (Lipinski definition) is 3. The summed E-state index contributed by atoms with van der Waals surface area (Å²) in [5.41, 5.74) is 1.78. The third kappa shape index (κ3) is 3.21. The molecular weight excluding hydrogens is 320 g/mol. The zero-order valence-electron chi connectivity index (χ0n) is 9.37. The van der Waals surface area contributed by atoms with Gasteiger partial charge in [0.25, 0.3) is 0 Å². The summed E-state index contributed by atoms with van der Waals surface area (Å²) in [5, 5.41) is 1.20. The smallest absolute Gasteiger partial charge is 0.161 e. The van der Waals surface area contributed by atoms with E-state index in [1.54, 1.807) is 0 Å². The van der Waals surface area contributed by atoms with Crippen LogP contribution in [0.15, 0.2) is 38.7 Å². The molecule has 1 aromatic heterocycles. The Balaban J connectivity index is 2.33. The average molecular weight is 330 g/mol. The highest BCUT2D eigenvalue weighted by atomic mass is 79.9. The maximum Gasteiger partial charge on any atom is 0.161 e. The Morgan fingerprint density at radius 1 is 1.18 bits per heavy atom. The highest BCUT2D eigenvalue weighted by molar-refractivity contribution is 9.10. The molecule has 0 N–H and O–H groups in total. The Morgan fingerprint density at radius 3 is 2.59 bits per heavy atom. The predicted molar refractivity (Wildman–Crippen MR) is 74.8 cm³/mol. The lowest BCUT2D eigenvalue weighted by atomic mass is 10.4. The van der Waals surface area contributed by atoms with Gasteiger partial charge >= 0.3 is 0 Å². The number of benzene rings is 1. The Labute approximate surface area is 118 Å². The second kappa shape index (κ2) is 5.38. The van der Waals surface area contributed by atoms with Crippen LogP contribution < -0.4 is 0 Å². The van der Waals surface area contributed by atoms with E-state index < -0.39 is 0 Å². The van der Waals surface area contributed by atoms with Gasteiger partial charge in [0.1, 0.15) is 5.03 Å². The fraction of sp³-hybridized carbons (Fsp3) is 0.167. The largest absolute Gasteiger partial charge is 0.241 e. The molecule has 0 aliphatic rings. The monoisotopic (exact) mass is 328 g/mol. The summed E-state index contributed by atoms with van der Waals surface area (Å²) in [6.45, 7) is 3.84. The van der Waals surface area contributed by atoms with E-state index in [4.69, 9.17) is 11.6 Å². The summed E-state index contributed by atoms with van der Waals surface area (Å²) in [7, 11) is 0. The van der Waals surface area contributed by atoms with E-state index in [1.807, 2.05) is 38.1 Å². The molecule has 0 fully saturated rings. The van der Waals surface area contributed by atoms with Crippen LogP contribution in [0.25, 0.3) is 0 Å². The van der Waals surface area contributed by atoms with Gasteiger partial charge in [-0.1, -0.05) is 45.4 Å². The van der Waals surface area contributed by atoms with Crippen LogP contribution >= 0.6 is 39.3 Å². The van der Waals surface area contributed by atoms with Crippen molar-refractivity contribution in [3.8, 4) is 0 Å². The lowest BCUT2D eigenvalue weighted by Crippen LogP contribution is -1.94. The molecule has 1 aromatic carbocycles. The first-order valence-corrected chi connectivity index (χ1v) is 6.99. The van der Waals surface area contributed by atoms with Crippen molar-refractivity contribution in [2.24, 2.45) is 0 Å². The van der Waals surface area contributed by atoms with Gasteiger partial charge in [-0.3, -0.25) is 0 Å². The number of halogens is 2. The number of nitrogens with zero attached hydrogens (tertiary/aromatic N) is 2. The molecular formula is C12H10BrClN2S. The minimum atomic E-state index is 0.457. The van der Waals surface area contributed by atoms with Crippen molar-refractivity contribution in [3.63, 3.8) is 0 Å². The van der Waals surface area contributed by atoms with Crippen LogP contribution in [0.1, 0.15) is 11.4 Å². The molecule has 0 atom stereocenters. The van der Waals surface area contributed by atoms with E-state index in [2.05, 4.69) is 25.9 Å². The molecule has 0 amide bonds. The zero-order chi connectivity index (χ0) is 12.4. The highest BCUT2D eigenvalue weighted by Crippen LogP contribution is 2.32. The van der Waals surface area contributed by atoms with Crippen molar-refractivity contribution in [1.82, 2.24) is 9.97 Å². The van der Waals surface area contributed by atoms with Crippen molar-refractivity contribution in [2.45, 2.75) is 23.8 Å². The normalized spacial score (nSPS) is 10.6. The Morgan fingerprint density at radius 2 is 1.88 bits per heavy atom. The summed E-state index contributed by atoms with van der Waals surface area (Å²) in [6, 6.07) is 8.01. The summed E-state index contributed by atoms with van der Waals surface area (Å²) in [4.78, 5) is 9.79. The first-order chi connectivity index (χ1) is 8.06. The maximum atomic E-state index is 6.09. The van der Waals surface area contributed by atoms with E-state index >= 15 is 0 Å². The first-order valence-electron chi connectivity index (χ1n) is 5.00. The molecule has 0 aliphatic carbocycles. The van der Waals surface area contributed by atoms with E-state index in [9.17, 15) is 0 Å². The van der Waals surface area contributed by atoms with Gasteiger partial charge in [0.2, 0.25) is 0 Å². The first kappa shape index (κ1) is 12.9. The van der Waals surface area contributed by atoms with Crippen LogP contribution in [0.3, 0.4) is 0 Å². The maximum absolute atomic E-state index is 6.09. The van der Waals surface area contributed by atoms with E-state index in [0.29, 0.717) is 5.15 Å². The summed E-state index contributed by atoms with van der Waals surface area (Å²) in [6.07, 6.45) is 0. The fourth-order valence-electron chi connectivity index (χ4n) is 1.26. The molecule has 17 heavy (non-hydrogen) atoms. The van der Waals surface area contributed by atoms with Crippen molar-refractivity contribution in [3.05, 3.63) is 45.3 Å². The molecule has 0 saturated carbocycles. The van der Waals surface area contributed by atoms with Gasteiger partial charge in [-0.25, -0.2) is 9.97 Å². The van der Waals surface area contributed by atoms with Gasteiger partial charge in [0, 0.05) is 9.37 Å². The molecule has 2 aromatic rings.